The summed E-state index contributed by atoms with van der Waals surface area (Å²) in [5.41, 5.74) is 1.22. The fraction of sp³-hybridized carbons (Fsp3) is 0.400. The van der Waals surface area contributed by atoms with E-state index in [-0.39, 0.29) is 30.0 Å². The van der Waals surface area contributed by atoms with Crippen molar-refractivity contribution in [3.63, 3.8) is 0 Å². The molecule has 3 heterocycles. The van der Waals surface area contributed by atoms with Gasteiger partial charge in [-0.1, -0.05) is 31.1 Å². The van der Waals surface area contributed by atoms with Gasteiger partial charge in [-0.2, -0.15) is 0 Å². The summed E-state index contributed by atoms with van der Waals surface area (Å²) >= 11 is 0. The molecule has 0 bridgehead atoms. The highest BCUT2D eigenvalue weighted by atomic mass is 16.5. The van der Waals surface area contributed by atoms with Crippen LogP contribution in [0.4, 0.5) is 0 Å². The molecular formula is C20H22N4O3. The molecule has 1 fully saturated rings. The summed E-state index contributed by atoms with van der Waals surface area (Å²) in [7, 11) is 0. The van der Waals surface area contributed by atoms with Crippen molar-refractivity contribution in [1.82, 2.24) is 19.6 Å². The van der Waals surface area contributed by atoms with Gasteiger partial charge in [0.2, 0.25) is 5.91 Å². The van der Waals surface area contributed by atoms with Crippen LogP contribution < -0.4 is 5.56 Å². The van der Waals surface area contributed by atoms with Crippen LogP contribution in [-0.4, -0.2) is 32.1 Å². The van der Waals surface area contributed by atoms with E-state index in [2.05, 4.69) is 10.1 Å². The molecule has 7 heteroatoms. The van der Waals surface area contributed by atoms with Crippen LogP contribution in [-0.2, 0) is 11.3 Å². The summed E-state index contributed by atoms with van der Waals surface area (Å²) < 4.78 is 6.78. The predicted octanol–water partition coefficient (Wildman–Crippen LogP) is 2.87. The standard InChI is InChI=1S/C20H22N4O3/c1-13(2)18-10-16(22-27-18)17-8-5-9-24(17)19(25)11-23-12-21-15-7-4-3-6-14(15)20(23)26/h3-4,6-7,10,12-13,17H,5,8-9,11H2,1-2H3/t17-/m0/s1. The SMILES string of the molecule is CC(C)c1cc([C@@H]2CCCN2C(=O)Cn2cnc3ccccc3c2=O)no1. The highest BCUT2D eigenvalue weighted by molar-refractivity contribution is 5.79. The smallest absolute Gasteiger partial charge is 0.261 e. The van der Waals surface area contributed by atoms with Gasteiger partial charge in [-0.05, 0) is 25.0 Å². The van der Waals surface area contributed by atoms with E-state index in [1.165, 1.54) is 10.9 Å². The molecule has 0 aliphatic carbocycles. The Kier molecular flexibility index (Phi) is 4.51. The average molecular weight is 366 g/mol. The molecule has 7 nitrogen and oxygen atoms in total. The van der Waals surface area contributed by atoms with Crippen LogP contribution in [0.15, 0.2) is 46.0 Å². The molecule has 4 rings (SSSR count). The highest BCUT2D eigenvalue weighted by Crippen LogP contribution is 2.32. The number of hydrogen-bond donors (Lipinski definition) is 0. The van der Waals surface area contributed by atoms with Crippen molar-refractivity contribution in [3.05, 3.63) is 58.5 Å². The van der Waals surface area contributed by atoms with Gasteiger partial charge in [0.05, 0.1) is 23.3 Å². The second-order valence-electron chi connectivity index (χ2n) is 7.25. The first-order valence-electron chi connectivity index (χ1n) is 9.24. The van der Waals surface area contributed by atoms with Crippen LogP contribution in [0.1, 0.15) is 50.1 Å². The molecule has 3 aromatic rings. The van der Waals surface area contributed by atoms with E-state index >= 15 is 0 Å². The van der Waals surface area contributed by atoms with Crippen molar-refractivity contribution in [2.45, 2.75) is 45.2 Å². The number of hydrogen-bond acceptors (Lipinski definition) is 5. The van der Waals surface area contributed by atoms with Crippen LogP contribution >= 0.6 is 0 Å². The topological polar surface area (TPSA) is 81.2 Å². The third-order valence-electron chi connectivity index (χ3n) is 5.07. The number of benzene rings is 1. The summed E-state index contributed by atoms with van der Waals surface area (Å²) in [6.07, 6.45) is 3.20. The van der Waals surface area contributed by atoms with Crippen molar-refractivity contribution in [2.75, 3.05) is 6.54 Å². The van der Waals surface area contributed by atoms with Crippen molar-refractivity contribution < 1.29 is 9.32 Å². The molecule has 0 N–H and O–H groups in total. The normalized spacial score (nSPS) is 17.1. The number of fused-ring (bicyclic) bond motifs is 1. The Balaban J connectivity index is 1.57. The minimum absolute atomic E-state index is 0.0257. The Hall–Kier alpha value is -2.96. The van der Waals surface area contributed by atoms with Gasteiger partial charge in [0.15, 0.2) is 0 Å². The van der Waals surface area contributed by atoms with Gasteiger partial charge >= 0.3 is 0 Å². The molecule has 1 saturated heterocycles. The van der Waals surface area contributed by atoms with Gasteiger partial charge in [-0.15, -0.1) is 0 Å². The maximum Gasteiger partial charge on any atom is 0.261 e. The Morgan fingerprint density at radius 2 is 2.15 bits per heavy atom. The number of carbonyl (C=O) groups excluding carboxylic acids is 1. The average Bonchev–Trinajstić information content (AvgIpc) is 3.33. The molecule has 0 spiro atoms. The monoisotopic (exact) mass is 366 g/mol. The van der Waals surface area contributed by atoms with Crippen LogP contribution in [0.2, 0.25) is 0 Å². The van der Waals surface area contributed by atoms with Gasteiger partial charge < -0.3 is 9.42 Å². The summed E-state index contributed by atoms with van der Waals surface area (Å²) in [5, 5.41) is 4.69. The van der Waals surface area contributed by atoms with E-state index in [9.17, 15) is 9.59 Å². The number of aromatic nitrogens is 3. The lowest BCUT2D eigenvalue weighted by atomic mass is 10.1. The fourth-order valence-electron chi connectivity index (χ4n) is 3.56. The summed E-state index contributed by atoms with van der Waals surface area (Å²) in [5.74, 6) is 0.962. The first-order chi connectivity index (χ1) is 13.0. The maximum absolute atomic E-state index is 12.9. The molecule has 0 saturated carbocycles. The Labute approximate surface area is 156 Å². The molecule has 2 aromatic heterocycles. The molecule has 140 valence electrons. The van der Waals surface area contributed by atoms with Crippen molar-refractivity contribution in [1.29, 1.82) is 0 Å². The maximum atomic E-state index is 12.9. The van der Waals surface area contributed by atoms with Crippen LogP contribution in [0.3, 0.4) is 0 Å². The van der Waals surface area contributed by atoms with Gasteiger partial charge in [0, 0.05) is 18.5 Å². The summed E-state index contributed by atoms with van der Waals surface area (Å²) in [6.45, 7) is 4.72. The fourth-order valence-corrected chi connectivity index (χ4v) is 3.56. The third-order valence-corrected chi connectivity index (χ3v) is 5.07. The molecule has 1 aromatic carbocycles. The Morgan fingerprint density at radius 1 is 1.33 bits per heavy atom. The zero-order valence-electron chi connectivity index (χ0n) is 15.5. The third kappa shape index (κ3) is 3.25. The molecule has 27 heavy (non-hydrogen) atoms. The molecule has 1 amide bonds. The number of para-hydroxylation sites is 1. The van der Waals surface area contributed by atoms with E-state index in [0.717, 1.165) is 24.3 Å². The number of amides is 1. The molecule has 1 atom stereocenters. The largest absolute Gasteiger partial charge is 0.361 e. The first-order valence-corrected chi connectivity index (χ1v) is 9.24. The van der Waals surface area contributed by atoms with Crippen LogP contribution in [0.5, 0.6) is 0 Å². The zero-order valence-corrected chi connectivity index (χ0v) is 15.5. The second kappa shape index (κ2) is 6.98. The van der Waals surface area contributed by atoms with E-state index in [1.807, 2.05) is 26.0 Å². The van der Waals surface area contributed by atoms with Gasteiger partial charge in [0.1, 0.15) is 18.0 Å². The minimum atomic E-state index is -0.201. The lowest BCUT2D eigenvalue weighted by Crippen LogP contribution is -2.36. The molecular weight excluding hydrogens is 344 g/mol. The van der Waals surface area contributed by atoms with E-state index < -0.39 is 0 Å². The van der Waals surface area contributed by atoms with Gasteiger partial charge in [-0.3, -0.25) is 14.2 Å². The Bertz CT molecular complexity index is 1040. The lowest BCUT2D eigenvalue weighted by Gasteiger charge is -2.23. The molecule has 1 aliphatic rings. The quantitative estimate of drug-likeness (QED) is 0.709. The van der Waals surface area contributed by atoms with Crippen molar-refractivity contribution in [2.24, 2.45) is 0 Å². The molecule has 1 aliphatic heterocycles. The first kappa shape index (κ1) is 17.5. The second-order valence-corrected chi connectivity index (χ2v) is 7.25. The minimum Gasteiger partial charge on any atom is -0.361 e. The van der Waals surface area contributed by atoms with Gasteiger partial charge in [0.25, 0.3) is 5.56 Å². The van der Waals surface area contributed by atoms with E-state index in [0.29, 0.717) is 17.4 Å². The number of carbonyl (C=O) groups is 1. The predicted molar refractivity (Wildman–Crippen MR) is 100 cm³/mol. The number of nitrogens with zero attached hydrogens (tertiary/aromatic N) is 4. The van der Waals surface area contributed by atoms with Gasteiger partial charge in [-0.25, -0.2) is 4.98 Å². The van der Waals surface area contributed by atoms with E-state index in [4.69, 9.17) is 4.52 Å². The summed E-state index contributed by atoms with van der Waals surface area (Å²) in [6, 6.07) is 8.99. The number of likely N-dealkylation sites (tertiary alicyclic amines) is 1. The molecule has 0 radical (unpaired) electrons. The number of rotatable bonds is 4. The zero-order chi connectivity index (χ0) is 19.0. The van der Waals surface area contributed by atoms with Crippen molar-refractivity contribution in [3.8, 4) is 0 Å². The summed E-state index contributed by atoms with van der Waals surface area (Å²) in [4.78, 5) is 31.6. The van der Waals surface area contributed by atoms with Crippen molar-refractivity contribution >= 4 is 16.8 Å². The lowest BCUT2D eigenvalue weighted by molar-refractivity contribution is -0.132. The van der Waals surface area contributed by atoms with E-state index in [1.54, 1.807) is 23.1 Å². The highest BCUT2D eigenvalue weighted by Gasteiger charge is 2.32. The van der Waals surface area contributed by atoms with Crippen LogP contribution in [0, 0.1) is 0 Å². The van der Waals surface area contributed by atoms with Crippen LogP contribution in [0.25, 0.3) is 10.9 Å². The Morgan fingerprint density at radius 3 is 2.93 bits per heavy atom. The molecule has 0 unspecified atom stereocenters.